The number of hydrogen-bond acceptors (Lipinski definition) is 19. The number of unbranched alkanes of at least 4 members (excludes halogenated alkanes) is 14. The minimum absolute atomic E-state index is 0.0214. The van der Waals surface area contributed by atoms with Crippen LogP contribution in [0, 0.1) is 0 Å². The van der Waals surface area contributed by atoms with Gasteiger partial charge in [0, 0.05) is 6.61 Å². The van der Waals surface area contributed by atoms with Crippen molar-refractivity contribution >= 4 is 0 Å². The lowest BCUT2D eigenvalue weighted by atomic mass is 10.0. The van der Waals surface area contributed by atoms with Crippen LogP contribution in [0.3, 0.4) is 0 Å². The fourth-order valence-electron chi connectivity index (χ4n) is 6.48. The van der Waals surface area contributed by atoms with E-state index in [-0.39, 0.29) is 6.61 Å². The summed E-state index contributed by atoms with van der Waals surface area (Å²) in [4.78, 5) is 0. The van der Waals surface area contributed by atoms with E-state index in [2.05, 4.69) is 6.92 Å². The highest BCUT2D eigenvalue weighted by atomic mass is 16.6. The zero-order valence-electron chi connectivity index (χ0n) is 45.6. The summed E-state index contributed by atoms with van der Waals surface area (Å²) in [6.45, 7) is 20.9. The molecule has 19 heteroatoms. The van der Waals surface area contributed by atoms with Gasteiger partial charge in [-0.1, -0.05) is 96.8 Å². The Morgan fingerprint density at radius 3 is 0.431 bits per heavy atom. The molecule has 0 unspecified atom stereocenters. The number of aliphatic hydroxyl groups is 1. The summed E-state index contributed by atoms with van der Waals surface area (Å²) in [5.74, 6) is 0. The number of rotatable bonds is 69. The molecule has 0 aliphatic heterocycles. The summed E-state index contributed by atoms with van der Waals surface area (Å²) in [7, 11) is 0. The largest absolute Gasteiger partial charge is 0.394 e. The first kappa shape index (κ1) is 71.2. The van der Waals surface area contributed by atoms with Crippen LogP contribution in [0.4, 0.5) is 0 Å². The SMILES string of the molecule is CCCCCCCCCCCCCCCCCOCCOCCOCCOCCOCCOCCOCCOCCOCCOCCOCCOCCOCCOCCOCCOCCOCCOCCO. The minimum atomic E-state index is 0.0214. The third kappa shape index (κ3) is 69.2. The second kappa shape index (κ2) is 70.2. The van der Waals surface area contributed by atoms with Crippen LogP contribution < -0.4 is 0 Å². The van der Waals surface area contributed by atoms with Gasteiger partial charge in [0.2, 0.25) is 0 Å². The van der Waals surface area contributed by atoms with Crippen molar-refractivity contribution in [2.45, 2.75) is 103 Å². The minimum Gasteiger partial charge on any atom is -0.394 e. The van der Waals surface area contributed by atoms with Crippen LogP contribution in [-0.4, -0.2) is 250 Å². The molecule has 0 rings (SSSR count). The number of ether oxygens (including phenoxy) is 18. The molecule has 1 N–H and O–H groups in total. The Labute approximate surface area is 437 Å². The molecule has 0 aromatic heterocycles. The molecule has 0 aromatic carbocycles. The molecule has 19 nitrogen and oxygen atoms in total. The highest BCUT2D eigenvalue weighted by Crippen LogP contribution is 2.13. The van der Waals surface area contributed by atoms with E-state index in [1.54, 1.807) is 0 Å². The third-order valence-corrected chi connectivity index (χ3v) is 10.5. The van der Waals surface area contributed by atoms with E-state index in [0.717, 1.165) is 13.0 Å². The van der Waals surface area contributed by atoms with Crippen molar-refractivity contribution in [2.24, 2.45) is 0 Å². The van der Waals surface area contributed by atoms with E-state index < -0.39 is 0 Å². The average Bonchev–Trinajstić information content (AvgIpc) is 3.39. The van der Waals surface area contributed by atoms with Gasteiger partial charge in [-0.2, -0.15) is 0 Å². The predicted molar refractivity (Wildman–Crippen MR) is 277 cm³/mol. The quantitative estimate of drug-likeness (QED) is 0.0683. The zero-order valence-corrected chi connectivity index (χ0v) is 45.6. The molecule has 434 valence electrons. The Hall–Kier alpha value is -0.760. The molecule has 0 radical (unpaired) electrons. The maximum absolute atomic E-state index is 8.61. The van der Waals surface area contributed by atoms with Crippen molar-refractivity contribution in [3.05, 3.63) is 0 Å². The fraction of sp³-hybridized carbons (Fsp3) is 1.00. The monoisotopic (exact) mass is 1050 g/mol. The van der Waals surface area contributed by atoms with Crippen LogP contribution in [0.15, 0.2) is 0 Å². The van der Waals surface area contributed by atoms with Gasteiger partial charge in [-0.05, 0) is 6.42 Å². The van der Waals surface area contributed by atoms with E-state index in [9.17, 15) is 0 Å². The highest BCUT2D eigenvalue weighted by molar-refractivity contribution is 4.50. The second-order valence-electron chi connectivity index (χ2n) is 16.7. The van der Waals surface area contributed by atoms with Crippen molar-refractivity contribution in [3.8, 4) is 0 Å². The summed E-state index contributed by atoms with van der Waals surface area (Å²) in [5.41, 5.74) is 0. The van der Waals surface area contributed by atoms with Gasteiger partial charge in [-0.25, -0.2) is 0 Å². The molecule has 0 spiro atoms. The first-order chi connectivity index (χ1) is 35.9. The molecule has 0 atom stereocenters. The summed E-state index contributed by atoms with van der Waals surface area (Å²) < 4.78 is 98.9. The van der Waals surface area contributed by atoms with E-state index in [4.69, 9.17) is 90.4 Å². The van der Waals surface area contributed by atoms with Gasteiger partial charge < -0.3 is 90.4 Å². The predicted octanol–water partition coefficient (Wildman–Crippen LogP) is 6.15. The molecule has 0 saturated carbocycles. The van der Waals surface area contributed by atoms with Crippen molar-refractivity contribution in [2.75, 3.05) is 244 Å². The van der Waals surface area contributed by atoms with Gasteiger partial charge in [0.05, 0.1) is 238 Å². The van der Waals surface area contributed by atoms with Gasteiger partial charge in [0.1, 0.15) is 0 Å². The third-order valence-electron chi connectivity index (χ3n) is 10.5. The van der Waals surface area contributed by atoms with Gasteiger partial charge >= 0.3 is 0 Å². The molecule has 0 saturated heterocycles. The van der Waals surface area contributed by atoms with E-state index >= 15 is 0 Å². The van der Waals surface area contributed by atoms with Crippen LogP contribution in [0.2, 0.25) is 0 Å². The second-order valence-corrected chi connectivity index (χ2v) is 16.7. The smallest absolute Gasteiger partial charge is 0.0701 e. The van der Waals surface area contributed by atoms with Crippen LogP contribution in [0.1, 0.15) is 103 Å². The van der Waals surface area contributed by atoms with Crippen LogP contribution in [-0.2, 0) is 85.3 Å². The van der Waals surface area contributed by atoms with Crippen molar-refractivity contribution in [1.82, 2.24) is 0 Å². The topological polar surface area (TPSA) is 186 Å². The van der Waals surface area contributed by atoms with Gasteiger partial charge in [-0.15, -0.1) is 0 Å². The zero-order chi connectivity index (χ0) is 51.5. The van der Waals surface area contributed by atoms with Crippen LogP contribution >= 0.6 is 0 Å². The molecule has 0 heterocycles. The van der Waals surface area contributed by atoms with Crippen molar-refractivity contribution in [1.29, 1.82) is 0 Å². The highest BCUT2D eigenvalue weighted by Gasteiger charge is 2.00. The molecule has 72 heavy (non-hydrogen) atoms. The van der Waals surface area contributed by atoms with Crippen molar-refractivity contribution < 1.29 is 90.4 Å². The molecule has 0 aliphatic carbocycles. The summed E-state index contributed by atoms with van der Waals surface area (Å²) in [6, 6.07) is 0. The molecule has 0 fully saturated rings. The maximum atomic E-state index is 8.61. The molecule has 0 aliphatic rings. The maximum Gasteiger partial charge on any atom is 0.0701 e. The Bertz CT molecular complexity index is 848. The normalized spacial score (nSPS) is 11.8. The Morgan fingerprint density at radius 2 is 0.278 bits per heavy atom. The lowest BCUT2D eigenvalue weighted by Gasteiger charge is -2.09. The lowest BCUT2D eigenvalue weighted by molar-refractivity contribution is -0.0310. The molecule has 0 amide bonds. The van der Waals surface area contributed by atoms with Gasteiger partial charge in [-0.3, -0.25) is 0 Å². The first-order valence-electron chi connectivity index (χ1n) is 27.9. The van der Waals surface area contributed by atoms with Gasteiger partial charge in [0.15, 0.2) is 0 Å². The van der Waals surface area contributed by atoms with E-state index in [0.29, 0.717) is 231 Å². The molecule has 0 aromatic rings. The van der Waals surface area contributed by atoms with Crippen molar-refractivity contribution in [3.63, 3.8) is 0 Å². The van der Waals surface area contributed by atoms with Gasteiger partial charge in [0.25, 0.3) is 0 Å². The fourth-order valence-corrected chi connectivity index (χ4v) is 6.48. The van der Waals surface area contributed by atoms with Crippen LogP contribution in [0.25, 0.3) is 0 Å². The molecular weight excluding hydrogens is 941 g/mol. The van der Waals surface area contributed by atoms with E-state index in [1.807, 2.05) is 0 Å². The summed E-state index contributed by atoms with van der Waals surface area (Å²) >= 11 is 0. The lowest BCUT2D eigenvalue weighted by Crippen LogP contribution is -2.16. The van der Waals surface area contributed by atoms with Crippen LogP contribution in [0.5, 0.6) is 0 Å². The Morgan fingerprint density at radius 1 is 0.153 bits per heavy atom. The summed E-state index contributed by atoms with van der Waals surface area (Å²) in [6.07, 6.45) is 20.7. The Balaban J connectivity index is 3.07. The van der Waals surface area contributed by atoms with E-state index in [1.165, 1.54) is 89.9 Å². The Kier molecular flexibility index (Phi) is 69.5. The average molecular weight is 1050 g/mol. The summed E-state index contributed by atoms with van der Waals surface area (Å²) in [5, 5.41) is 8.61. The molecular formula is C53H108O19. The number of hydrogen-bond donors (Lipinski definition) is 1. The first-order valence-corrected chi connectivity index (χ1v) is 27.9. The molecule has 0 bridgehead atoms. The number of aliphatic hydroxyl groups excluding tert-OH is 1. The standard InChI is InChI=1S/C53H108O19/c1-2-3-4-5-6-7-8-9-10-11-12-13-14-15-16-18-55-20-22-57-24-26-59-28-30-61-32-34-63-36-38-65-40-42-67-44-46-69-48-50-71-52-53-72-51-49-70-47-45-68-43-41-66-39-37-64-35-33-62-31-29-60-27-25-58-23-21-56-19-17-54/h54H,2-53H2,1H3.